The Kier molecular flexibility index (Phi) is 2.89. The first-order valence-corrected chi connectivity index (χ1v) is 5.84. The van der Waals surface area contributed by atoms with Crippen LogP contribution in [0.1, 0.15) is 11.4 Å². The van der Waals surface area contributed by atoms with Crippen molar-refractivity contribution in [1.82, 2.24) is 25.0 Å². The molecule has 3 rings (SSSR count). The highest BCUT2D eigenvalue weighted by Gasteiger charge is 2.01. The Morgan fingerprint density at radius 3 is 2.58 bits per heavy atom. The molecule has 6 heteroatoms. The van der Waals surface area contributed by atoms with Crippen molar-refractivity contribution in [3.8, 4) is 5.69 Å². The van der Waals surface area contributed by atoms with E-state index < -0.39 is 0 Å². The van der Waals surface area contributed by atoms with Gasteiger partial charge >= 0.3 is 0 Å². The second-order valence-electron chi connectivity index (χ2n) is 4.09. The number of nitrogen functional groups attached to an aromatic ring is 1. The molecule has 2 aromatic heterocycles. The Balaban J connectivity index is 1.80. The van der Waals surface area contributed by atoms with Gasteiger partial charge in [0.15, 0.2) is 0 Å². The molecular formula is C13H12N6. The summed E-state index contributed by atoms with van der Waals surface area (Å²) in [4.78, 5) is 8.37. The van der Waals surface area contributed by atoms with Crippen LogP contribution in [0, 0.1) is 0 Å². The van der Waals surface area contributed by atoms with Crippen LogP contribution in [0.4, 0.5) is 5.82 Å². The lowest BCUT2D eigenvalue weighted by molar-refractivity contribution is 0.802. The van der Waals surface area contributed by atoms with E-state index in [1.165, 1.54) is 0 Å². The van der Waals surface area contributed by atoms with E-state index in [1.54, 1.807) is 29.3 Å². The fourth-order valence-corrected chi connectivity index (χ4v) is 1.80. The topological polar surface area (TPSA) is 82.5 Å². The van der Waals surface area contributed by atoms with Crippen molar-refractivity contribution in [2.24, 2.45) is 0 Å². The number of hydrogen-bond donors (Lipinski definition) is 1. The summed E-state index contributed by atoms with van der Waals surface area (Å²) in [7, 11) is 0. The van der Waals surface area contributed by atoms with Gasteiger partial charge < -0.3 is 5.73 Å². The van der Waals surface area contributed by atoms with Crippen LogP contribution in [-0.4, -0.2) is 25.0 Å². The van der Waals surface area contributed by atoms with Gasteiger partial charge in [0.25, 0.3) is 0 Å². The molecule has 0 saturated heterocycles. The average molecular weight is 252 g/mol. The molecule has 94 valence electrons. The molecule has 0 saturated carbocycles. The monoisotopic (exact) mass is 252 g/mol. The molecule has 0 spiro atoms. The second kappa shape index (κ2) is 4.85. The predicted molar refractivity (Wildman–Crippen MR) is 70.6 cm³/mol. The van der Waals surface area contributed by atoms with Crippen LogP contribution in [-0.2, 0) is 6.42 Å². The lowest BCUT2D eigenvalue weighted by Crippen LogP contribution is -2.00. The Morgan fingerprint density at radius 1 is 1.05 bits per heavy atom. The van der Waals surface area contributed by atoms with Crippen LogP contribution in [0.25, 0.3) is 5.69 Å². The van der Waals surface area contributed by atoms with Gasteiger partial charge in [-0.2, -0.15) is 0 Å². The van der Waals surface area contributed by atoms with Gasteiger partial charge in [-0.15, -0.1) is 5.10 Å². The van der Waals surface area contributed by atoms with E-state index in [4.69, 9.17) is 5.73 Å². The van der Waals surface area contributed by atoms with E-state index in [9.17, 15) is 0 Å². The molecule has 0 fully saturated rings. The van der Waals surface area contributed by atoms with Crippen LogP contribution in [0.3, 0.4) is 0 Å². The first kappa shape index (κ1) is 11.3. The maximum absolute atomic E-state index is 5.63. The average Bonchev–Trinajstić information content (AvgIpc) is 2.94. The quantitative estimate of drug-likeness (QED) is 0.758. The second-order valence-corrected chi connectivity index (χ2v) is 4.09. The first-order valence-electron chi connectivity index (χ1n) is 5.84. The Morgan fingerprint density at radius 2 is 1.89 bits per heavy atom. The summed E-state index contributed by atoms with van der Waals surface area (Å²) in [5, 5.41) is 7.71. The third kappa shape index (κ3) is 2.57. The number of aromatic nitrogens is 5. The summed E-state index contributed by atoms with van der Waals surface area (Å²) in [6.07, 6.45) is 5.77. The SMILES string of the molecule is Nc1ccnc(Cc2ccc(-n3ccnn3)cc2)n1. The summed E-state index contributed by atoms with van der Waals surface area (Å²) in [5.74, 6) is 1.21. The van der Waals surface area contributed by atoms with Gasteiger partial charge in [-0.05, 0) is 23.8 Å². The third-order valence-electron chi connectivity index (χ3n) is 2.71. The first-order chi connectivity index (χ1) is 9.31. The number of nitrogens with two attached hydrogens (primary N) is 1. The molecule has 0 bridgehead atoms. The van der Waals surface area contributed by atoms with E-state index in [1.807, 2.05) is 24.3 Å². The molecule has 3 aromatic rings. The molecule has 0 aliphatic rings. The molecule has 0 unspecified atom stereocenters. The summed E-state index contributed by atoms with van der Waals surface area (Å²) >= 11 is 0. The van der Waals surface area contributed by atoms with Crippen LogP contribution in [0.5, 0.6) is 0 Å². The molecule has 2 N–H and O–H groups in total. The lowest BCUT2D eigenvalue weighted by Gasteiger charge is -2.03. The minimum Gasteiger partial charge on any atom is -0.384 e. The van der Waals surface area contributed by atoms with Crippen molar-refractivity contribution in [2.75, 3.05) is 5.73 Å². The Labute approximate surface area is 109 Å². The Hall–Kier alpha value is -2.76. The van der Waals surface area contributed by atoms with Crippen molar-refractivity contribution < 1.29 is 0 Å². The van der Waals surface area contributed by atoms with Gasteiger partial charge in [-0.3, -0.25) is 0 Å². The predicted octanol–water partition coefficient (Wildman–Crippen LogP) is 1.23. The van der Waals surface area contributed by atoms with Crippen molar-refractivity contribution in [2.45, 2.75) is 6.42 Å². The maximum Gasteiger partial charge on any atom is 0.135 e. The van der Waals surface area contributed by atoms with Gasteiger partial charge in [0.2, 0.25) is 0 Å². The van der Waals surface area contributed by atoms with Crippen LogP contribution in [0.2, 0.25) is 0 Å². The van der Waals surface area contributed by atoms with Crippen molar-refractivity contribution in [1.29, 1.82) is 0 Å². The highest BCUT2D eigenvalue weighted by Crippen LogP contribution is 2.11. The molecule has 0 atom stereocenters. The van der Waals surface area contributed by atoms with E-state index in [-0.39, 0.29) is 0 Å². The lowest BCUT2D eigenvalue weighted by atomic mass is 10.1. The summed E-state index contributed by atoms with van der Waals surface area (Å²) < 4.78 is 1.71. The number of nitrogens with zero attached hydrogens (tertiary/aromatic N) is 5. The Bertz CT molecular complexity index is 660. The smallest absolute Gasteiger partial charge is 0.135 e. The molecule has 0 radical (unpaired) electrons. The van der Waals surface area contributed by atoms with Gasteiger partial charge in [0.1, 0.15) is 11.6 Å². The zero-order valence-corrected chi connectivity index (χ0v) is 10.1. The maximum atomic E-state index is 5.63. The third-order valence-corrected chi connectivity index (χ3v) is 2.71. The highest BCUT2D eigenvalue weighted by molar-refractivity contribution is 5.35. The standard InChI is InChI=1S/C13H12N6/c14-12-5-6-15-13(17-12)9-10-1-3-11(4-2-10)19-8-7-16-18-19/h1-8H,9H2,(H2,14,15,17). The van der Waals surface area contributed by atoms with Gasteiger partial charge in [-0.25, -0.2) is 14.6 Å². The highest BCUT2D eigenvalue weighted by atomic mass is 15.4. The van der Waals surface area contributed by atoms with E-state index >= 15 is 0 Å². The van der Waals surface area contributed by atoms with E-state index in [2.05, 4.69) is 20.3 Å². The van der Waals surface area contributed by atoms with E-state index in [0.29, 0.717) is 18.1 Å². The van der Waals surface area contributed by atoms with Crippen LogP contribution in [0.15, 0.2) is 48.9 Å². The summed E-state index contributed by atoms with van der Waals surface area (Å²) in [5.41, 5.74) is 7.72. The van der Waals surface area contributed by atoms with Crippen molar-refractivity contribution >= 4 is 5.82 Å². The molecule has 6 nitrogen and oxygen atoms in total. The molecular weight excluding hydrogens is 240 g/mol. The number of rotatable bonds is 3. The van der Waals surface area contributed by atoms with E-state index in [0.717, 1.165) is 11.3 Å². The van der Waals surface area contributed by atoms with Gasteiger partial charge in [-0.1, -0.05) is 17.3 Å². The minimum absolute atomic E-state index is 0.490. The van der Waals surface area contributed by atoms with Crippen molar-refractivity contribution in [3.63, 3.8) is 0 Å². The normalized spacial score (nSPS) is 10.5. The van der Waals surface area contributed by atoms with Gasteiger partial charge in [0, 0.05) is 12.6 Å². The fraction of sp³-hybridized carbons (Fsp3) is 0.0769. The minimum atomic E-state index is 0.490. The largest absolute Gasteiger partial charge is 0.384 e. The zero-order chi connectivity index (χ0) is 13.1. The molecule has 1 aromatic carbocycles. The fourth-order valence-electron chi connectivity index (χ4n) is 1.80. The van der Waals surface area contributed by atoms with Crippen LogP contribution < -0.4 is 5.73 Å². The van der Waals surface area contributed by atoms with Crippen LogP contribution >= 0.6 is 0 Å². The number of anilines is 1. The summed E-state index contributed by atoms with van der Waals surface area (Å²) in [6.45, 7) is 0. The molecule has 19 heavy (non-hydrogen) atoms. The molecule has 2 heterocycles. The summed E-state index contributed by atoms with van der Waals surface area (Å²) in [6, 6.07) is 9.68. The van der Waals surface area contributed by atoms with Gasteiger partial charge in [0.05, 0.1) is 18.1 Å². The molecule has 0 aliphatic heterocycles. The number of benzene rings is 1. The van der Waals surface area contributed by atoms with Crippen molar-refractivity contribution in [3.05, 3.63) is 60.3 Å². The molecule has 0 amide bonds. The molecule has 0 aliphatic carbocycles. The zero-order valence-electron chi connectivity index (χ0n) is 10.1. The number of hydrogen-bond acceptors (Lipinski definition) is 5.